The molecule has 0 amide bonds. The zero-order valence-electron chi connectivity index (χ0n) is 9.11. The molecule has 0 atom stereocenters. The van der Waals surface area contributed by atoms with Crippen molar-refractivity contribution in [3.63, 3.8) is 0 Å². The van der Waals surface area contributed by atoms with E-state index in [1.807, 2.05) is 11.3 Å². The SMILES string of the molecule is Cl.c1ccc2c(C3CCNCC3)csc2c1. The molecule has 1 nitrogen and oxygen atoms in total. The maximum absolute atomic E-state index is 3.43. The summed E-state index contributed by atoms with van der Waals surface area (Å²) < 4.78 is 1.44. The molecule has 0 unspecified atom stereocenters. The number of rotatable bonds is 1. The molecule has 1 N–H and O–H groups in total. The number of fused-ring (bicyclic) bond motifs is 1. The van der Waals surface area contributed by atoms with E-state index in [4.69, 9.17) is 0 Å². The van der Waals surface area contributed by atoms with E-state index in [2.05, 4.69) is 35.0 Å². The molecule has 0 saturated carbocycles. The van der Waals surface area contributed by atoms with Crippen LogP contribution < -0.4 is 5.32 Å². The van der Waals surface area contributed by atoms with Crippen LogP contribution in [0.25, 0.3) is 10.1 Å². The van der Waals surface area contributed by atoms with Crippen molar-refractivity contribution < 1.29 is 0 Å². The van der Waals surface area contributed by atoms with E-state index in [1.165, 1.54) is 36.0 Å². The molecular weight excluding hydrogens is 238 g/mol. The Morgan fingerprint density at radius 2 is 1.88 bits per heavy atom. The van der Waals surface area contributed by atoms with Gasteiger partial charge < -0.3 is 5.32 Å². The molecule has 1 fully saturated rings. The summed E-state index contributed by atoms with van der Waals surface area (Å²) in [5.41, 5.74) is 1.58. The molecule has 16 heavy (non-hydrogen) atoms. The van der Waals surface area contributed by atoms with Gasteiger partial charge in [-0.25, -0.2) is 0 Å². The van der Waals surface area contributed by atoms with Crippen LogP contribution in [0, 0.1) is 0 Å². The monoisotopic (exact) mass is 253 g/mol. The molecular formula is C13H16ClNS. The lowest BCUT2D eigenvalue weighted by Crippen LogP contribution is -2.26. The minimum absolute atomic E-state index is 0. The van der Waals surface area contributed by atoms with Crippen LogP contribution in [0.3, 0.4) is 0 Å². The second kappa shape index (κ2) is 5.17. The van der Waals surface area contributed by atoms with Gasteiger partial charge in [0.15, 0.2) is 0 Å². The summed E-state index contributed by atoms with van der Waals surface area (Å²) in [6, 6.07) is 8.78. The molecule has 1 aromatic heterocycles. The van der Waals surface area contributed by atoms with Crippen LogP contribution in [0.4, 0.5) is 0 Å². The molecule has 1 aromatic carbocycles. The lowest BCUT2D eigenvalue weighted by atomic mass is 9.90. The van der Waals surface area contributed by atoms with Gasteiger partial charge in [0.2, 0.25) is 0 Å². The smallest absolute Gasteiger partial charge is 0.0345 e. The van der Waals surface area contributed by atoms with Gasteiger partial charge in [0, 0.05) is 4.70 Å². The molecule has 1 saturated heterocycles. The summed E-state index contributed by atoms with van der Waals surface area (Å²) in [7, 11) is 0. The van der Waals surface area contributed by atoms with E-state index in [9.17, 15) is 0 Å². The van der Waals surface area contributed by atoms with Crippen LogP contribution >= 0.6 is 23.7 Å². The van der Waals surface area contributed by atoms with Crippen molar-refractivity contribution in [3.05, 3.63) is 35.2 Å². The average Bonchev–Trinajstić information content (AvgIpc) is 2.74. The molecule has 1 aliphatic rings. The number of nitrogens with one attached hydrogen (secondary N) is 1. The number of benzene rings is 1. The normalized spacial score (nSPS) is 17.2. The largest absolute Gasteiger partial charge is 0.317 e. The summed E-state index contributed by atoms with van der Waals surface area (Å²) >= 11 is 1.89. The molecule has 2 aromatic rings. The third-order valence-electron chi connectivity index (χ3n) is 3.29. The molecule has 1 aliphatic heterocycles. The Balaban J connectivity index is 0.000000963. The summed E-state index contributed by atoms with van der Waals surface area (Å²) in [5, 5.41) is 7.27. The Kier molecular flexibility index (Phi) is 3.85. The first-order valence-electron chi connectivity index (χ1n) is 5.62. The molecule has 3 heteroatoms. The first-order valence-corrected chi connectivity index (χ1v) is 6.50. The minimum Gasteiger partial charge on any atom is -0.317 e. The number of hydrogen-bond donors (Lipinski definition) is 1. The Morgan fingerprint density at radius 3 is 2.69 bits per heavy atom. The Labute approximate surface area is 106 Å². The summed E-state index contributed by atoms with van der Waals surface area (Å²) in [6.07, 6.45) is 2.58. The highest BCUT2D eigenvalue weighted by molar-refractivity contribution is 7.17. The number of thiophene rings is 1. The maximum Gasteiger partial charge on any atom is 0.0345 e. The van der Waals surface area contributed by atoms with Crippen molar-refractivity contribution in [3.8, 4) is 0 Å². The molecule has 86 valence electrons. The minimum atomic E-state index is 0. The van der Waals surface area contributed by atoms with Gasteiger partial charge in [0.1, 0.15) is 0 Å². The van der Waals surface area contributed by atoms with Gasteiger partial charge in [-0.15, -0.1) is 23.7 Å². The highest BCUT2D eigenvalue weighted by atomic mass is 35.5. The highest BCUT2D eigenvalue weighted by Gasteiger charge is 2.17. The highest BCUT2D eigenvalue weighted by Crippen LogP contribution is 2.35. The van der Waals surface area contributed by atoms with Gasteiger partial charge >= 0.3 is 0 Å². The van der Waals surface area contributed by atoms with Gasteiger partial charge in [-0.05, 0) is 54.2 Å². The van der Waals surface area contributed by atoms with Gasteiger partial charge in [0.25, 0.3) is 0 Å². The predicted molar refractivity (Wildman–Crippen MR) is 73.9 cm³/mol. The maximum atomic E-state index is 3.43. The fourth-order valence-electron chi connectivity index (χ4n) is 2.45. The third kappa shape index (κ3) is 2.10. The summed E-state index contributed by atoms with van der Waals surface area (Å²) in [5.74, 6) is 0.780. The van der Waals surface area contributed by atoms with Gasteiger partial charge in [-0.2, -0.15) is 0 Å². The number of hydrogen-bond acceptors (Lipinski definition) is 2. The molecule has 0 radical (unpaired) electrons. The van der Waals surface area contributed by atoms with Gasteiger partial charge in [0.05, 0.1) is 0 Å². The molecule has 0 bridgehead atoms. The van der Waals surface area contributed by atoms with E-state index in [-0.39, 0.29) is 12.4 Å². The second-order valence-corrected chi connectivity index (χ2v) is 5.12. The van der Waals surface area contributed by atoms with Crippen LogP contribution in [0.2, 0.25) is 0 Å². The van der Waals surface area contributed by atoms with E-state index >= 15 is 0 Å². The van der Waals surface area contributed by atoms with Crippen molar-refractivity contribution in [1.29, 1.82) is 0 Å². The van der Waals surface area contributed by atoms with Gasteiger partial charge in [-0.3, -0.25) is 0 Å². The first-order chi connectivity index (χ1) is 7.45. The summed E-state index contributed by atoms with van der Waals surface area (Å²) in [4.78, 5) is 0. The fourth-order valence-corrected chi connectivity index (χ4v) is 3.49. The van der Waals surface area contributed by atoms with Crippen LogP contribution in [0.15, 0.2) is 29.6 Å². The zero-order chi connectivity index (χ0) is 10.1. The second-order valence-electron chi connectivity index (χ2n) is 4.21. The quantitative estimate of drug-likeness (QED) is 0.816. The third-order valence-corrected chi connectivity index (χ3v) is 4.27. The molecule has 3 rings (SSSR count). The topological polar surface area (TPSA) is 12.0 Å². The van der Waals surface area contributed by atoms with E-state index in [0.29, 0.717) is 0 Å². The Hall–Kier alpha value is -0.570. The predicted octanol–water partition coefficient (Wildman–Crippen LogP) is 3.79. The van der Waals surface area contributed by atoms with E-state index in [1.54, 1.807) is 5.56 Å². The Bertz CT molecular complexity index is 460. The number of halogens is 1. The van der Waals surface area contributed by atoms with E-state index in [0.717, 1.165) is 5.92 Å². The first kappa shape index (κ1) is 11.9. The van der Waals surface area contributed by atoms with Crippen molar-refractivity contribution in [2.75, 3.05) is 13.1 Å². The van der Waals surface area contributed by atoms with Crippen molar-refractivity contribution in [2.45, 2.75) is 18.8 Å². The van der Waals surface area contributed by atoms with Crippen LogP contribution in [0.1, 0.15) is 24.3 Å². The fraction of sp³-hybridized carbons (Fsp3) is 0.385. The lowest BCUT2D eigenvalue weighted by molar-refractivity contribution is 0.463. The van der Waals surface area contributed by atoms with Crippen molar-refractivity contribution in [2.24, 2.45) is 0 Å². The van der Waals surface area contributed by atoms with Crippen LogP contribution in [0.5, 0.6) is 0 Å². The standard InChI is InChI=1S/C13H15NS.ClH/c1-2-4-13-11(3-1)12(9-15-13)10-5-7-14-8-6-10;/h1-4,9-10,14H,5-8H2;1H. The zero-order valence-corrected chi connectivity index (χ0v) is 10.7. The van der Waals surface area contributed by atoms with Crippen LogP contribution in [-0.4, -0.2) is 13.1 Å². The van der Waals surface area contributed by atoms with Crippen LogP contribution in [-0.2, 0) is 0 Å². The van der Waals surface area contributed by atoms with Crippen molar-refractivity contribution >= 4 is 33.8 Å². The number of piperidine rings is 1. The van der Waals surface area contributed by atoms with Gasteiger partial charge in [-0.1, -0.05) is 18.2 Å². The summed E-state index contributed by atoms with van der Waals surface area (Å²) in [6.45, 7) is 2.35. The molecule has 2 heterocycles. The molecule has 0 aliphatic carbocycles. The lowest BCUT2D eigenvalue weighted by Gasteiger charge is -2.22. The average molecular weight is 254 g/mol. The van der Waals surface area contributed by atoms with E-state index < -0.39 is 0 Å². The Morgan fingerprint density at radius 1 is 1.12 bits per heavy atom. The molecule has 0 spiro atoms. The van der Waals surface area contributed by atoms with Crippen molar-refractivity contribution in [1.82, 2.24) is 5.32 Å².